The summed E-state index contributed by atoms with van der Waals surface area (Å²) >= 11 is 0. The molecule has 0 bridgehead atoms. The van der Waals surface area contributed by atoms with E-state index in [1.807, 2.05) is 48.5 Å². The van der Waals surface area contributed by atoms with Crippen LogP contribution in [0.2, 0.25) is 0 Å². The van der Waals surface area contributed by atoms with Crippen molar-refractivity contribution in [1.82, 2.24) is 0 Å². The van der Waals surface area contributed by atoms with E-state index in [0.717, 1.165) is 11.1 Å². The first-order valence-corrected chi connectivity index (χ1v) is 6.32. The molecule has 2 rings (SSSR count). The third-order valence-corrected chi connectivity index (χ3v) is 2.78. The van der Waals surface area contributed by atoms with Crippen LogP contribution in [-0.4, -0.2) is 17.9 Å². The summed E-state index contributed by atoms with van der Waals surface area (Å²) in [7, 11) is 0. The van der Waals surface area contributed by atoms with Gasteiger partial charge in [0.2, 0.25) is 0 Å². The van der Waals surface area contributed by atoms with Crippen molar-refractivity contribution in [2.45, 2.75) is 12.7 Å². The molecule has 0 spiro atoms. The molecule has 0 saturated carbocycles. The molecule has 2 aromatic rings. The molecule has 0 aromatic heterocycles. The van der Waals surface area contributed by atoms with Gasteiger partial charge >= 0.3 is 6.16 Å². The molecule has 2 aromatic carbocycles. The molecule has 4 heteroatoms. The van der Waals surface area contributed by atoms with E-state index in [9.17, 15) is 9.90 Å². The number of rotatable bonds is 5. The quantitative estimate of drug-likeness (QED) is 0.850. The minimum absolute atomic E-state index is 0.145. The van der Waals surface area contributed by atoms with Crippen LogP contribution >= 0.6 is 0 Å². The lowest BCUT2D eigenvalue weighted by Gasteiger charge is -2.15. The third-order valence-electron chi connectivity index (χ3n) is 2.78. The maximum absolute atomic E-state index is 11.6. The van der Waals surface area contributed by atoms with Crippen molar-refractivity contribution in [2.24, 2.45) is 0 Å². The van der Waals surface area contributed by atoms with E-state index < -0.39 is 12.3 Å². The molecule has 0 aliphatic rings. The van der Waals surface area contributed by atoms with Gasteiger partial charge in [-0.15, -0.1) is 0 Å². The summed E-state index contributed by atoms with van der Waals surface area (Å²) < 4.78 is 10.1. The highest BCUT2D eigenvalue weighted by atomic mass is 16.7. The Morgan fingerprint density at radius 1 is 1.00 bits per heavy atom. The molecule has 0 fully saturated rings. The van der Waals surface area contributed by atoms with Gasteiger partial charge in [-0.05, 0) is 11.1 Å². The van der Waals surface area contributed by atoms with Crippen LogP contribution in [0, 0.1) is 0 Å². The number of hydrogen-bond donors (Lipinski definition) is 1. The standard InChI is InChI=1S/C16H16O4/c17-11-15(14-9-5-2-6-10-14)20-16(18)19-12-13-7-3-1-4-8-13/h1-10,15,17H,11-12H2. The molecule has 1 N–H and O–H groups in total. The number of aliphatic hydroxyl groups excluding tert-OH is 1. The Morgan fingerprint density at radius 3 is 2.20 bits per heavy atom. The number of hydrogen-bond acceptors (Lipinski definition) is 4. The smallest absolute Gasteiger partial charge is 0.429 e. The molecule has 1 unspecified atom stereocenters. The maximum atomic E-state index is 11.6. The third kappa shape index (κ3) is 4.10. The fourth-order valence-electron chi connectivity index (χ4n) is 1.75. The lowest BCUT2D eigenvalue weighted by Crippen LogP contribution is -2.15. The highest BCUT2D eigenvalue weighted by Gasteiger charge is 2.16. The van der Waals surface area contributed by atoms with Crippen LogP contribution < -0.4 is 0 Å². The van der Waals surface area contributed by atoms with E-state index in [4.69, 9.17) is 9.47 Å². The van der Waals surface area contributed by atoms with Crippen LogP contribution in [0.3, 0.4) is 0 Å². The first kappa shape index (κ1) is 14.1. The van der Waals surface area contributed by atoms with E-state index in [-0.39, 0.29) is 13.2 Å². The van der Waals surface area contributed by atoms with Crippen molar-refractivity contribution in [3.05, 3.63) is 71.8 Å². The molecule has 1 atom stereocenters. The second kappa shape index (κ2) is 7.31. The monoisotopic (exact) mass is 272 g/mol. The Morgan fingerprint density at radius 2 is 1.60 bits per heavy atom. The zero-order valence-electron chi connectivity index (χ0n) is 10.9. The summed E-state index contributed by atoms with van der Waals surface area (Å²) in [4.78, 5) is 11.6. The number of carbonyl (C=O) groups excluding carboxylic acids is 1. The zero-order valence-corrected chi connectivity index (χ0v) is 10.9. The number of benzene rings is 2. The highest BCUT2D eigenvalue weighted by Crippen LogP contribution is 2.17. The Balaban J connectivity index is 1.87. The Kier molecular flexibility index (Phi) is 5.15. The van der Waals surface area contributed by atoms with Crippen molar-refractivity contribution >= 4 is 6.16 Å². The molecular formula is C16H16O4. The maximum Gasteiger partial charge on any atom is 0.509 e. The summed E-state index contributed by atoms with van der Waals surface area (Å²) in [5, 5.41) is 9.28. The molecule has 0 amide bonds. The van der Waals surface area contributed by atoms with Gasteiger partial charge in [0.25, 0.3) is 0 Å². The summed E-state index contributed by atoms with van der Waals surface area (Å²) in [5.74, 6) is 0. The van der Waals surface area contributed by atoms with Crippen molar-refractivity contribution in [1.29, 1.82) is 0 Å². The SMILES string of the molecule is O=C(OCc1ccccc1)OC(CO)c1ccccc1. The van der Waals surface area contributed by atoms with E-state index >= 15 is 0 Å². The Labute approximate surface area is 117 Å². The summed E-state index contributed by atoms with van der Waals surface area (Å²) in [6, 6.07) is 18.4. The second-order valence-electron chi connectivity index (χ2n) is 4.22. The largest absolute Gasteiger partial charge is 0.509 e. The van der Waals surface area contributed by atoms with Crippen LogP contribution in [-0.2, 0) is 16.1 Å². The zero-order chi connectivity index (χ0) is 14.2. The van der Waals surface area contributed by atoms with Gasteiger partial charge in [-0.2, -0.15) is 0 Å². The van der Waals surface area contributed by atoms with Crippen molar-refractivity contribution in [3.8, 4) is 0 Å². The molecule has 0 saturated heterocycles. The molecule has 0 aliphatic carbocycles. The minimum Gasteiger partial charge on any atom is -0.429 e. The van der Waals surface area contributed by atoms with Crippen molar-refractivity contribution < 1.29 is 19.4 Å². The van der Waals surface area contributed by atoms with E-state index in [1.54, 1.807) is 12.1 Å². The van der Waals surface area contributed by atoms with Gasteiger partial charge in [-0.25, -0.2) is 4.79 Å². The molecule has 0 radical (unpaired) electrons. The average Bonchev–Trinajstić information content (AvgIpc) is 2.52. The second-order valence-corrected chi connectivity index (χ2v) is 4.22. The van der Waals surface area contributed by atoms with Crippen LogP contribution in [0.4, 0.5) is 4.79 Å². The molecule has 0 heterocycles. The fourth-order valence-corrected chi connectivity index (χ4v) is 1.75. The summed E-state index contributed by atoms with van der Waals surface area (Å²) in [6.07, 6.45) is -1.50. The first-order valence-electron chi connectivity index (χ1n) is 6.32. The van der Waals surface area contributed by atoms with Gasteiger partial charge in [-0.3, -0.25) is 0 Å². The minimum atomic E-state index is -0.795. The lowest BCUT2D eigenvalue weighted by atomic mass is 10.1. The van der Waals surface area contributed by atoms with E-state index in [1.165, 1.54) is 0 Å². The Hall–Kier alpha value is -2.33. The fraction of sp³-hybridized carbons (Fsp3) is 0.188. The molecule has 0 aliphatic heterocycles. The highest BCUT2D eigenvalue weighted by molar-refractivity contribution is 5.60. The first-order chi connectivity index (χ1) is 9.79. The van der Waals surface area contributed by atoms with Crippen molar-refractivity contribution in [3.63, 3.8) is 0 Å². The predicted molar refractivity (Wildman–Crippen MR) is 74.0 cm³/mol. The van der Waals surface area contributed by atoms with Gasteiger partial charge in [0.15, 0.2) is 6.10 Å². The normalized spacial score (nSPS) is 11.7. The molecule has 4 nitrogen and oxygen atoms in total. The van der Waals surface area contributed by atoms with Crippen LogP contribution in [0.15, 0.2) is 60.7 Å². The van der Waals surface area contributed by atoms with Crippen LogP contribution in [0.5, 0.6) is 0 Å². The number of aliphatic hydroxyl groups is 1. The number of carbonyl (C=O) groups is 1. The van der Waals surface area contributed by atoms with Crippen LogP contribution in [0.25, 0.3) is 0 Å². The van der Waals surface area contributed by atoms with Gasteiger partial charge in [0, 0.05) is 0 Å². The van der Waals surface area contributed by atoms with Gasteiger partial charge in [0.1, 0.15) is 6.61 Å². The predicted octanol–water partition coefficient (Wildman–Crippen LogP) is 3.07. The van der Waals surface area contributed by atoms with E-state index in [2.05, 4.69) is 0 Å². The summed E-state index contributed by atoms with van der Waals surface area (Å²) in [6.45, 7) is -0.142. The lowest BCUT2D eigenvalue weighted by molar-refractivity contribution is -0.00170. The Bertz CT molecular complexity index is 525. The number of ether oxygens (including phenoxy) is 2. The summed E-state index contributed by atoms with van der Waals surface area (Å²) in [5.41, 5.74) is 1.61. The van der Waals surface area contributed by atoms with Gasteiger partial charge in [-0.1, -0.05) is 60.7 Å². The topological polar surface area (TPSA) is 55.8 Å². The molecule has 104 valence electrons. The van der Waals surface area contributed by atoms with Crippen molar-refractivity contribution in [2.75, 3.05) is 6.61 Å². The molecule has 20 heavy (non-hydrogen) atoms. The van der Waals surface area contributed by atoms with Gasteiger partial charge < -0.3 is 14.6 Å². The van der Waals surface area contributed by atoms with Crippen LogP contribution in [0.1, 0.15) is 17.2 Å². The average molecular weight is 272 g/mol. The molecular weight excluding hydrogens is 256 g/mol. The van der Waals surface area contributed by atoms with Gasteiger partial charge in [0.05, 0.1) is 6.61 Å². The van der Waals surface area contributed by atoms with E-state index in [0.29, 0.717) is 0 Å².